The Hall–Kier alpha value is -4.60. The van der Waals surface area contributed by atoms with Gasteiger partial charge in [-0.25, -0.2) is 23.7 Å². The fourth-order valence-corrected chi connectivity index (χ4v) is 3.81. The number of methoxy groups -OCH3 is 1. The van der Waals surface area contributed by atoms with Crippen LogP contribution in [0.2, 0.25) is 0 Å². The zero-order valence-corrected chi connectivity index (χ0v) is 17.8. The normalized spacial score (nSPS) is 11.1. The van der Waals surface area contributed by atoms with E-state index < -0.39 is 23.3 Å². The quantitative estimate of drug-likeness (QED) is 0.364. The standard InChI is InChI=1S/C24H17F2N5O3/c1-34-24(33)29-23-27-19-7-3-13(10-21(19)28-23)16-8-12(2-6-18(16)26)9-20-17-11-14(25)4-5-15(17)22(32)31-30-20/h2-8,10-11H,9H2,1H3,(H,31,32)(H2,27,28,29,33). The van der Waals surface area contributed by atoms with Crippen molar-refractivity contribution in [2.24, 2.45) is 0 Å². The monoisotopic (exact) mass is 461 g/mol. The Morgan fingerprint density at radius 1 is 1.06 bits per heavy atom. The topological polar surface area (TPSA) is 113 Å². The Morgan fingerprint density at radius 2 is 1.91 bits per heavy atom. The molecule has 5 rings (SSSR count). The number of benzene rings is 3. The van der Waals surface area contributed by atoms with E-state index in [1.807, 2.05) is 0 Å². The molecule has 0 bridgehead atoms. The summed E-state index contributed by atoms with van der Waals surface area (Å²) in [5.41, 5.74) is 2.89. The molecule has 0 aliphatic rings. The van der Waals surface area contributed by atoms with Crippen molar-refractivity contribution < 1.29 is 18.3 Å². The Bertz CT molecular complexity index is 1630. The number of rotatable bonds is 4. The summed E-state index contributed by atoms with van der Waals surface area (Å²) < 4.78 is 33.1. The lowest BCUT2D eigenvalue weighted by Gasteiger charge is -2.09. The van der Waals surface area contributed by atoms with Gasteiger partial charge in [-0.05, 0) is 53.6 Å². The molecule has 34 heavy (non-hydrogen) atoms. The number of aromatic amines is 2. The highest BCUT2D eigenvalue weighted by atomic mass is 19.1. The number of H-pyrrole nitrogens is 2. The molecule has 170 valence electrons. The van der Waals surface area contributed by atoms with Crippen molar-refractivity contribution in [3.63, 3.8) is 0 Å². The van der Waals surface area contributed by atoms with E-state index in [0.29, 0.717) is 38.6 Å². The van der Waals surface area contributed by atoms with Crippen LogP contribution >= 0.6 is 0 Å². The molecule has 0 aliphatic heterocycles. The van der Waals surface area contributed by atoms with Crippen molar-refractivity contribution in [1.29, 1.82) is 0 Å². The molecule has 0 unspecified atom stereocenters. The molecule has 5 aromatic rings. The fourth-order valence-electron chi connectivity index (χ4n) is 3.81. The van der Waals surface area contributed by atoms with Gasteiger partial charge in [0.25, 0.3) is 5.56 Å². The van der Waals surface area contributed by atoms with Gasteiger partial charge in [-0.15, -0.1) is 0 Å². The van der Waals surface area contributed by atoms with Crippen LogP contribution in [0.25, 0.3) is 32.9 Å². The number of aromatic nitrogens is 4. The van der Waals surface area contributed by atoms with Gasteiger partial charge in [-0.3, -0.25) is 10.1 Å². The number of hydrogen-bond acceptors (Lipinski definition) is 5. The fraction of sp³-hybridized carbons (Fsp3) is 0.0833. The molecule has 2 heterocycles. The summed E-state index contributed by atoms with van der Waals surface area (Å²) in [6.45, 7) is 0. The molecule has 0 saturated carbocycles. The lowest BCUT2D eigenvalue weighted by molar-refractivity contribution is 0.186. The number of anilines is 1. The molecule has 0 saturated heterocycles. The van der Waals surface area contributed by atoms with Crippen molar-refractivity contribution in [3.8, 4) is 11.1 Å². The lowest BCUT2D eigenvalue weighted by Crippen LogP contribution is -2.11. The smallest absolute Gasteiger partial charge is 0.413 e. The third-order valence-corrected chi connectivity index (χ3v) is 5.43. The van der Waals surface area contributed by atoms with Crippen molar-refractivity contribution in [2.75, 3.05) is 12.4 Å². The number of nitrogens with one attached hydrogen (secondary N) is 3. The largest absolute Gasteiger partial charge is 0.453 e. The van der Waals surface area contributed by atoms with E-state index >= 15 is 0 Å². The highest BCUT2D eigenvalue weighted by Crippen LogP contribution is 2.28. The number of fused-ring (bicyclic) bond motifs is 2. The lowest BCUT2D eigenvalue weighted by atomic mass is 9.98. The van der Waals surface area contributed by atoms with Gasteiger partial charge < -0.3 is 9.72 Å². The van der Waals surface area contributed by atoms with E-state index in [0.717, 1.165) is 5.56 Å². The first kappa shape index (κ1) is 21.3. The van der Waals surface area contributed by atoms with Crippen LogP contribution in [-0.4, -0.2) is 33.4 Å². The van der Waals surface area contributed by atoms with Gasteiger partial charge in [0, 0.05) is 17.4 Å². The molecule has 10 heteroatoms. The number of imidazole rings is 1. The first-order chi connectivity index (χ1) is 16.4. The molecule has 1 amide bonds. The number of hydrogen-bond donors (Lipinski definition) is 3. The maximum absolute atomic E-state index is 14.8. The SMILES string of the molecule is COC(=O)Nc1nc2ccc(-c3cc(Cc4n[nH]c(=O)c5ccc(F)cc45)ccc3F)cc2[nH]1. The van der Waals surface area contributed by atoms with Crippen LogP contribution < -0.4 is 10.9 Å². The third-order valence-electron chi connectivity index (χ3n) is 5.43. The zero-order chi connectivity index (χ0) is 23.8. The van der Waals surface area contributed by atoms with Crippen LogP contribution in [0.5, 0.6) is 0 Å². The maximum Gasteiger partial charge on any atom is 0.413 e. The highest BCUT2D eigenvalue weighted by molar-refractivity contribution is 5.88. The molecular formula is C24H17F2N5O3. The number of carbonyl (C=O) groups excluding carboxylic acids is 1. The summed E-state index contributed by atoms with van der Waals surface area (Å²) in [7, 11) is 1.24. The molecule has 0 aliphatic carbocycles. The van der Waals surface area contributed by atoms with Gasteiger partial charge in [0.2, 0.25) is 5.95 Å². The van der Waals surface area contributed by atoms with E-state index in [-0.39, 0.29) is 12.4 Å². The van der Waals surface area contributed by atoms with Gasteiger partial charge in [0.15, 0.2) is 0 Å². The number of amides is 1. The van der Waals surface area contributed by atoms with Crippen molar-refractivity contribution >= 4 is 33.8 Å². The minimum Gasteiger partial charge on any atom is -0.453 e. The Balaban J connectivity index is 1.51. The second kappa shape index (κ2) is 8.39. The minimum absolute atomic E-state index is 0.205. The second-order valence-corrected chi connectivity index (χ2v) is 7.61. The molecule has 0 spiro atoms. The highest BCUT2D eigenvalue weighted by Gasteiger charge is 2.13. The van der Waals surface area contributed by atoms with E-state index in [9.17, 15) is 18.4 Å². The number of halogens is 2. The summed E-state index contributed by atoms with van der Waals surface area (Å²) >= 11 is 0. The summed E-state index contributed by atoms with van der Waals surface area (Å²) in [6.07, 6.45) is -0.412. The number of ether oxygens (including phenoxy) is 1. The number of nitrogens with zero attached hydrogens (tertiary/aromatic N) is 2. The molecule has 3 N–H and O–H groups in total. The molecule has 3 aromatic carbocycles. The molecule has 0 fully saturated rings. The van der Waals surface area contributed by atoms with Crippen LogP contribution in [0.1, 0.15) is 11.3 Å². The predicted molar refractivity (Wildman–Crippen MR) is 123 cm³/mol. The van der Waals surface area contributed by atoms with E-state index in [1.54, 1.807) is 30.3 Å². The third kappa shape index (κ3) is 3.96. The summed E-state index contributed by atoms with van der Waals surface area (Å²) in [6, 6.07) is 13.7. The first-order valence-corrected chi connectivity index (χ1v) is 10.2. The van der Waals surface area contributed by atoms with E-state index in [4.69, 9.17) is 0 Å². The molecule has 8 nitrogen and oxygen atoms in total. The van der Waals surface area contributed by atoms with Crippen molar-refractivity contribution in [2.45, 2.75) is 6.42 Å². The predicted octanol–water partition coefficient (Wildman–Crippen LogP) is 4.51. The van der Waals surface area contributed by atoms with Crippen LogP contribution in [0.3, 0.4) is 0 Å². The Morgan fingerprint density at radius 3 is 2.74 bits per heavy atom. The Labute approximate surface area is 190 Å². The van der Waals surface area contributed by atoms with Crippen molar-refractivity contribution in [1.82, 2.24) is 20.2 Å². The second-order valence-electron chi connectivity index (χ2n) is 7.61. The molecular weight excluding hydrogens is 444 g/mol. The Kier molecular flexibility index (Phi) is 5.25. The van der Waals surface area contributed by atoms with E-state index in [2.05, 4.69) is 30.2 Å². The van der Waals surface area contributed by atoms with Crippen LogP contribution in [0, 0.1) is 11.6 Å². The minimum atomic E-state index is -0.665. The molecule has 2 aromatic heterocycles. The van der Waals surface area contributed by atoms with Crippen molar-refractivity contribution in [3.05, 3.63) is 87.8 Å². The van der Waals surface area contributed by atoms with Gasteiger partial charge in [-0.1, -0.05) is 12.1 Å². The molecule has 0 atom stereocenters. The van der Waals surface area contributed by atoms with Gasteiger partial charge in [0.1, 0.15) is 11.6 Å². The first-order valence-electron chi connectivity index (χ1n) is 10.2. The summed E-state index contributed by atoms with van der Waals surface area (Å²) in [4.78, 5) is 30.6. The van der Waals surface area contributed by atoms with E-state index in [1.165, 1.54) is 31.4 Å². The van der Waals surface area contributed by atoms with Gasteiger partial charge in [-0.2, -0.15) is 5.10 Å². The summed E-state index contributed by atoms with van der Waals surface area (Å²) in [5.74, 6) is -0.702. The number of carbonyl (C=O) groups is 1. The zero-order valence-electron chi connectivity index (χ0n) is 17.8. The van der Waals surface area contributed by atoms with Crippen LogP contribution in [-0.2, 0) is 11.2 Å². The average molecular weight is 461 g/mol. The molecule has 0 radical (unpaired) electrons. The van der Waals surface area contributed by atoms with Crippen LogP contribution in [0.15, 0.2) is 59.4 Å². The van der Waals surface area contributed by atoms with Crippen LogP contribution in [0.4, 0.5) is 19.5 Å². The average Bonchev–Trinajstić information content (AvgIpc) is 3.23. The van der Waals surface area contributed by atoms with Gasteiger partial charge >= 0.3 is 6.09 Å². The van der Waals surface area contributed by atoms with Gasteiger partial charge in [0.05, 0.1) is 29.2 Å². The summed E-state index contributed by atoms with van der Waals surface area (Å²) in [5, 5.41) is 9.69. The maximum atomic E-state index is 14.8.